The molecule has 1 aromatic heterocycles. The van der Waals surface area contributed by atoms with Gasteiger partial charge in [0.25, 0.3) is 15.9 Å². The van der Waals surface area contributed by atoms with E-state index in [0.29, 0.717) is 17.9 Å². The van der Waals surface area contributed by atoms with Crippen molar-refractivity contribution in [3.05, 3.63) is 82.2 Å². The van der Waals surface area contributed by atoms with Crippen LogP contribution in [0.25, 0.3) is 0 Å². The van der Waals surface area contributed by atoms with Crippen molar-refractivity contribution < 1.29 is 17.6 Å². The maximum atomic E-state index is 12.6. The highest BCUT2D eigenvalue weighted by Crippen LogP contribution is 2.26. The molecular weight excluding hydrogens is 423 g/mol. The molecule has 1 heterocycles. The highest BCUT2D eigenvalue weighted by Gasteiger charge is 2.18. The SMILES string of the molecule is CN(Cc1ccco1)C(=O)c1cccc(NS(=O)(=O)c2ccc(Cl)c(Cl)c2)c1. The van der Waals surface area contributed by atoms with Crippen molar-refractivity contribution in [3.63, 3.8) is 0 Å². The molecule has 9 heteroatoms. The second-order valence-electron chi connectivity index (χ2n) is 6.00. The number of hydrogen-bond donors (Lipinski definition) is 1. The first-order valence-electron chi connectivity index (χ1n) is 8.12. The number of carbonyl (C=O) groups excluding carboxylic acids is 1. The number of halogens is 2. The summed E-state index contributed by atoms with van der Waals surface area (Å²) in [4.78, 5) is 14.1. The van der Waals surface area contributed by atoms with Crippen LogP contribution in [0.4, 0.5) is 5.69 Å². The van der Waals surface area contributed by atoms with Crippen LogP contribution < -0.4 is 4.72 Å². The Morgan fingerprint density at radius 2 is 1.86 bits per heavy atom. The lowest BCUT2D eigenvalue weighted by Crippen LogP contribution is -2.26. The summed E-state index contributed by atoms with van der Waals surface area (Å²) in [6.07, 6.45) is 1.53. The van der Waals surface area contributed by atoms with Crippen molar-refractivity contribution in [2.75, 3.05) is 11.8 Å². The van der Waals surface area contributed by atoms with Gasteiger partial charge in [-0.2, -0.15) is 0 Å². The Hall–Kier alpha value is -2.48. The highest BCUT2D eigenvalue weighted by atomic mass is 35.5. The van der Waals surface area contributed by atoms with Crippen LogP contribution in [0.5, 0.6) is 0 Å². The number of nitrogens with one attached hydrogen (secondary N) is 1. The normalized spacial score (nSPS) is 11.2. The molecule has 0 bridgehead atoms. The third kappa shape index (κ3) is 4.67. The average molecular weight is 439 g/mol. The second kappa shape index (κ2) is 8.26. The Bertz CT molecular complexity index is 1100. The molecule has 0 saturated heterocycles. The van der Waals surface area contributed by atoms with E-state index in [0.717, 1.165) is 0 Å². The Morgan fingerprint density at radius 3 is 2.54 bits per heavy atom. The quantitative estimate of drug-likeness (QED) is 0.606. The number of nitrogens with zero attached hydrogens (tertiary/aromatic N) is 1. The molecular formula is C19H16Cl2N2O4S. The zero-order chi connectivity index (χ0) is 20.3. The van der Waals surface area contributed by atoms with Crippen LogP contribution in [0.1, 0.15) is 16.1 Å². The van der Waals surface area contributed by atoms with Crippen LogP contribution in [-0.2, 0) is 16.6 Å². The maximum absolute atomic E-state index is 12.6. The van der Waals surface area contributed by atoms with Crippen molar-refractivity contribution in [1.82, 2.24) is 4.90 Å². The first kappa shape index (κ1) is 20.3. The van der Waals surface area contributed by atoms with Gasteiger partial charge in [0.2, 0.25) is 0 Å². The summed E-state index contributed by atoms with van der Waals surface area (Å²) in [5.41, 5.74) is 0.590. The van der Waals surface area contributed by atoms with Crippen LogP contribution in [0.2, 0.25) is 10.0 Å². The minimum Gasteiger partial charge on any atom is -0.467 e. The molecule has 0 atom stereocenters. The number of rotatable bonds is 6. The first-order chi connectivity index (χ1) is 13.3. The molecule has 0 aliphatic rings. The molecule has 0 unspecified atom stereocenters. The van der Waals surface area contributed by atoms with Crippen LogP contribution in [0.15, 0.2) is 70.2 Å². The van der Waals surface area contributed by atoms with E-state index >= 15 is 0 Å². The maximum Gasteiger partial charge on any atom is 0.261 e. The van der Waals surface area contributed by atoms with E-state index in [1.807, 2.05) is 0 Å². The summed E-state index contributed by atoms with van der Waals surface area (Å²) < 4.78 is 32.8. The number of benzene rings is 2. The lowest BCUT2D eigenvalue weighted by Gasteiger charge is -2.16. The van der Waals surface area contributed by atoms with E-state index in [1.54, 1.807) is 37.4 Å². The molecule has 6 nitrogen and oxygen atoms in total. The largest absolute Gasteiger partial charge is 0.467 e. The number of hydrogen-bond acceptors (Lipinski definition) is 4. The molecule has 3 rings (SSSR count). The van der Waals surface area contributed by atoms with E-state index in [2.05, 4.69) is 4.72 Å². The Labute approximate surface area is 172 Å². The third-order valence-electron chi connectivity index (χ3n) is 3.88. The zero-order valence-corrected chi connectivity index (χ0v) is 17.1. The van der Waals surface area contributed by atoms with Crippen LogP contribution in [-0.4, -0.2) is 26.3 Å². The van der Waals surface area contributed by atoms with Crippen LogP contribution >= 0.6 is 23.2 Å². The minimum atomic E-state index is -3.89. The summed E-state index contributed by atoms with van der Waals surface area (Å²) in [5.74, 6) is 0.374. The van der Waals surface area contributed by atoms with Gasteiger partial charge in [-0.3, -0.25) is 9.52 Å². The summed E-state index contributed by atoms with van der Waals surface area (Å²) >= 11 is 11.7. The first-order valence-corrected chi connectivity index (χ1v) is 10.4. The number of anilines is 1. The molecule has 1 amide bonds. The molecule has 0 radical (unpaired) electrons. The standard InChI is InChI=1S/C19H16Cl2N2O4S/c1-23(12-15-6-3-9-27-15)19(24)13-4-2-5-14(10-13)22-28(25,26)16-7-8-17(20)18(21)11-16/h2-11,22H,12H2,1H3. The fraction of sp³-hybridized carbons (Fsp3) is 0.105. The van der Waals surface area contributed by atoms with Crippen LogP contribution in [0, 0.1) is 0 Å². The summed E-state index contributed by atoms with van der Waals surface area (Å²) in [6, 6.07) is 13.8. The summed E-state index contributed by atoms with van der Waals surface area (Å²) in [6.45, 7) is 0.297. The monoisotopic (exact) mass is 438 g/mol. The van der Waals surface area contributed by atoms with E-state index in [-0.39, 0.29) is 26.5 Å². The van der Waals surface area contributed by atoms with Crippen molar-refractivity contribution in [3.8, 4) is 0 Å². The van der Waals surface area contributed by atoms with Gasteiger partial charge in [-0.15, -0.1) is 0 Å². The Kier molecular flexibility index (Phi) is 5.98. The third-order valence-corrected chi connectivity index (χ3v) is 6.00. The highest BCUT2D eigenvalue weighted by molar-refractivity contribution is 7.92. The molecule has 0 aliphatic carbocycles. The van der Waals surface area contributed by atoms with Gasteiger partial charge in [-0.05, 0) is 48.5 Å². The van der Waals surface area contributed by atoms with Crippen molar-refractivity contribution in [1.29, 1.82) is 0 Å². The summed E-state index contributed by atoms with van der Waals surface area (Å²) in [7, 11) is -2.25. The van der Waals surface area contributed by atoms with Gasteiger partial charge in [-0.25, -0.2) is 8.42 Å². The number of sulfonamides is 1. The average Bonchev–Trinajstić information content (AvgIpc) is 3.16. The van der Waals surface area contributed by atoms with Gasteiger partial charge >= 0.3 is 0 Å². The number of amides is 1. The Morgan fingerprint density at radius 1 is 1.07 bits per heavy atom. The molecule has 0 aliphatic heterocycles. The van der Waals surface area contributed by atoms with Gasteiger partial charge in [0.1, 0.15) is 5.76 Å². The molecule has 0 saturated carbocycles. The van der Waals surface area contributed by atoms with Gasteiger partial charge in [0.05, 0.1) is 27.7 Å². The van der Waals surface area contributed by atoms with Gasteiger partial charge < -0.3 is 9.32 Å². The molecule has 146 valence electrons. The predicted molar refractivity (Wildman–Crippen MR) is 108 cm³/mol. The second-order valence-corrected chi connectivity index (χ2v) is 8.50. The zero-order valence-electron chi connectivity index (χ0n) is 14.7. The molecule has 0 spiro atoms. The smallest absolute Gasteiger partial charge is 0.261 e. The minimum absolute atomic E-state index is 0.0337. The molecule has 28 heavy (non-hydrogen) atoms. The van der Waals surface area contributed by atoms with E-state index in [9.17, 15) is 13.2 Å². The van der Waals surface area contributed by atoms with E-state index in [4.69, 9.17) is 27.6 Å². The summed E-state index contributed by atoms with van der Waals surface area (Å²) in [5, 5.41) is 0.390. The lowest BCUT2D eigenvalue weighted by atomic mass is 10.2. The van der Waals surface area contributed by atoms with Crippen LogP contribution in [0.3, 0.4) is 0 Å². The van der Waals surface area contributed by atoms with Gasteiger partial charge in [0, 0.05) is 18.3 Å². The fourth-order valence-electron chi connectivity index (χ4n) is 2.50. The molecule has 0 fully saturated rings. The predicted octanol–water partition coefficient (Wildman–Crippen LogP) is 4.66. The fourth-order valence-corrected chi connectivity index (χ4v) is 3.94. The topological polar surface area (TPSA) is 79.6 Å². The van der Waals surface area contributed by atoms with Gasteiger partial charge in [-0.1, -0.05) is 29.3 Å². The van der Waals surface area contributed by atoms with Crippen molar-refractivity contribution in [2.45, 2.75) is 11.4 Å². The van der Waals surface area contributed by atoms with E-state index < -0.39 is 10.0 Å². The molecule has 1 N–H and O–H groups in total. The van der Waals surface area contributed by atoms with Crippen molar-refractivity contribution in [2.24, 2.45) is 0 Å². The lowest BCUT2D eigenvalue weighted by molar-refractivity contribution is 0.0775. The number of carbonyl (C=O) groups is 1. The van der Waals surface area contributed by atoms with Gasteiger partial charge in [0.15, 0.2) is 0 Å². The Balaban J connectivity index is 1.78. The molecule has 3 aromatic rings. The van der Waals surface area contributed by atoms with E-state index in [1.165, 1.54) is 35.4 Å². The number of furan rings is 1. The van der Waals surface area contributed by atoms with Crippen molar-refractivity contribution >= 4 is 44.8 Å². The molecule has 2 aromatic carbocycles.